The van der Waals surface area contributed by atoms with Gasteiger partial charge < -0.3 is 5.11 Å². The zero-order chi connectivity index (χ0) is 12.5. The molecule has 0 bridgehead atoms. The van der Waals surface area contributed by atoms with Crippen molar-refractivity contribution in [2.75, 3.05) is 6.54 Å². The predicted molar refractivity (Wildman–Crippen MR) is 61.3 cm³/mol. The lowest BCUT2D eigenvalue weighted by Gasteiger charge is -2.08. The quantitative estimate of drug-likeness (QED) is 0.824. The molecule has 1 fully saturated rings. The second-order valence-corrected chi connectivity index (χ2v) is 5.83. The molecule has 17 heavy (non-hydrogen) atoms. The second kappa shape index (κ2) is 4.46. The number of benzene rings is 1. The lowest BCUT2D eigenvalue weighted by Crippen LogP contribution is -2.27. The Morgan fingerprint density at radius 3 is 2.59 bits per heavy atom. The van der Waals surface area contributed by atoms with Gasteiger partial charge in [-0.3, -0.25) is 0 Å². The van der Waals surface area contributed by atoms with E-state index < -0.39 is 16.0 Å². The highest BCUT2D eigenvalue weighted by atomic mass is 32.2. The molecular weight excluding hydrogens is 242 g/mol. The van der Waals surface area contributed by atoms with Gasteiger partial charge in [0.2, 0.25) is 10.0 Å². The molecule has 0 radical (unpaired) electrons. The molecule has 92 valence electrons. The average Bonchev–Trinajstić information content (AvgIpc) is 3.10. The monoisotopic (exact) mass is 255 g/mol. The fourth-order valence-electron chi connectivity index (χ4n) is 1.50. The molecular formula is C11H13NO4S. The summed E-state index contributed by atoms with van der Waals surface area (Å²) in [4.78, 5) is 10.8. The van der Waals surface area contributed by atoms with E-state index >= 15 is 0 Å². The Morgan fingerprint density at radius 1 is 1.35 bits per heavy atom. The van der Waals surface area contributed by atoms with Crippen LogP contribution >= 0.6 is 0 Å². The van der Waals surface area contributed by atoms with Crippen molar-refractivity contribution in [3.63, 3.8) is 0 Å². The molecule has 0 saturated heterocycles. The van der Waals surface area contributed by atoms with E-state index in [2.05, 4.69) is 4.72 Å². The van der Waals surface area contributed by atoms with Gasteiger partial charge in [-0.05, 0) is 30.9 Å². The van der Waals surface area contributed by atoms with Crippen LogP contribution in [0.4, 0.5) is 0 Å². The largest absolute Gasteiger partial charge is 0.478 e. The van der Waals surface area contributed by atoms with Crippen LogP contribution in [-0.4, -0.2) is 26.0 Å². The minimum atomic E-state index is -3.72. The van der Waals surface area contributed by atoms with Crippen molar-refractivity contribution in [2.45, 2.75) is 17.7 Å². The van der Waals surface area contributed by atoms with Crippen LogP contribution in [0.2, 0.25) is 0 Å². The summed E-state index contributed by atoms with van der Waals surface area (Å²) in [6.45, 7) is 0.385. The zero-order valence-electron chi connectivity index (χ0n) is 9.09. The highest BCUT2D eigenvalue weighted by Crippen LogP contribution is 2.28. The summed E-state index contributed by atoms with van der Waals surface area (Å²) in [5, 5.41) is 8.93. The average molecular weight is 255 g/mol. The van der Waals surface area contributed by atoms with Gasteiger partial charge in [-0.1, -0.05) is 12.1 Å². The minimum Gasteiger partial charge on any atom is -0.478 e. The minimum absolute atomic E-state index is 0.173. The van der Waals surface area contributed by atoms with Gasteiger partial charge in [-0.25, -0.2) is 17.9 Å². The molecule has 0 atom stereocenters. The predicted octanol–water partition coefficient (Wildman–Crippen LogP) is 1.07. The summed E-state index contributed by atoms with van der Waals surface area (Å²) in [5.74, 6) is -0.834. The number of carboxylic acids is 1. The Hall–Kier alpha value is -1.40. The number of hydrogen-bond acceptors (Lipinski definition) is 3. The molecule has 1 aliphatic carbocycles. The van der Waals surface area contributed by atoms with Crippen LogP contribution in [0.5, 0.6) is 0 Å². The maximum atomic E-state index is 11.9. The maximum Gasteiger partial charge on any atom is 0.337 e. The first-order valence-electron chi connectivity index (χ1n) is 5.32. The first-order chi connectivity index (χ1) is 8.00. The van der Waals surface area contributed by atoms with Crippen molar-refractivity contribution < 1.29 is 18.3 Å². The first kappa shape index (κ1) is 12.1. The van der Waals surface area contributed by atoms with E-state index in [-0.39, 0.29) is 10.5 Å². The normalized spacial score (nSPS) is 15.8. The van der Waals surface area contributed by atoms with Gasteiger partial charge in [0.15, 0.2) is 0 Å². The molecule has 1 aromatic rings. The smallest absolute Gasteiger partial charge is 0.337 e. The van der Waals surface area contributed by atoms with Crippen LogP contribution in [-0.2, 0) is 10.0 Å². The molecule has 6 heteroatoms. The Balaban J connectivity index is 2.27. The van der Waals surface area contributed by atoms with Crippen LogP contribution in [0, 0.1) is 5.92 Å². The van der Waals surface area contributed by atoms with E-state index in [4.69, 9.17) is 5.11 Å². The molecule has 1 aliphatic rings. The summed E-state index contributed by atoms with van der Waals surface area (Å²) in [6, 6.07) is 5.61. The van der Waals surface area contributed by atoms with Crippen LogP contribution in [0.15, 0.2) is 29.2 Å². The number of sulfonamides is 1. The molecule has 2 N–H and O–H groups in total. The number of rotatable bonds is 5. The number of nitrogens with one attached hydrogen (secondary N) is 1. The van der Waals surface area contributed by atoms with Crippen molar-refractivity contribution in [3.05, 3.63) is 29.8 Å². The van der Waals surface area contributed by atoms with Gasteiger partial charge >= 0.3 is 5.97 Å². The second-order valence-electron chi connectivity index (χ2n) is 4.10. The van der Waals surface area contributed by atoms with Crippen LogP contribution in [0.1, 0.15) is 23.2 Å². The van der Waals surface area contributed by atoms with E-state index in [9.17, 15) is 13.2 Å². The third kappa shape index (κ3) is 2.83. The van der Waals surface area contributed by atoms with Crippen LogP contribution in [0.25, 0.3) is 0 Å². The van der Waals surface area contributed by atoms with E-state index in [1.807, 2.05) is 0 Å². The number of carbonyl (C=O) groups is 1. The molecule has 1 aromatic carbocycles. The zero-order valence-corrected chi connectivity index (χ0v) is 9.90. The number of carboxylic acid groups (broad SMARTS) is 1. The molecule has 5 nitrogen and oxygen atoms in total. The van der Waals surface area contributed by atoms with Crippen LogP contribution < -0.4 is 4.72 Å². The molecule has 0 unspecified atom stereocenters. The van der Waals surface area contributed by atoms with Crippen molar-refractivity contribution in [2.24, 2.45) is 5.92 Å². The standard InChI is InChI=1S/C11H13NO4S/c13-11(14)9-3-1-2-4-10(9)17(15,16)12-7-8-5-6-8/h1-4,8,12H,5-7H2,(H,13,14). The summed E-state index contributed by atoms with van der Waals surface area (Å²) < 4.78 is 26.3. The van der Waals surface area contributed by atoms with Gasteiger partial charge in [-0.15, -0.1) is 0 Å². The van der Waals surface area contributed by atoms with Gasteiger partial charge in [0.1, 0.15) is 0 Å². The van der Waals surface area contributed by atoms with Crippen molar-refractivity contribution in [3.8, 4) is 0 Å². The summed E-state index contributed by atoms with van der Waals surface area (Å²) in [5.41, 5.74) is -0.198. The topological polar surface area (TPSA) is 83.5 Å². The molecule has 0 heterocycles. The number of aromatic carboxylic acids is 1. The van der Waals surface area contributed by atoms with E-state index in [1.165, 1.54) is 24.3 Å². The van der Waals surface area contributed by atoms with Gasteiger partial charge in [0.25, 0.3) is 0 Å². The van der Waals surface area contributed by atoms with E-state index in [1.54, 1.807) is 0 Å². The van der Waals surface area contributed by atoms with Crippen molar-refractivity contribution in [1.82, 2.24) is 4.72 Å². The lowest BCUT2D eigenvalue weighted by atomic mass is 10.2. The van der Waals surface area contributed by atoms with Gasteiger partial charge in [-0.2, -0.15) is 0 Å². The highest BCUT2D eigenvalue weighted by Gasteiger charge is 2.26. The fourth-order valence-corrected chi connectivity index (χ4v) is 2.82. The molecule has 0 spiro atoms. The lowest BCUT2D eigenvalue weighted by molar-refractivity contribution is 0.0692. The van der Waals surface area contributed by atoms with Crippen molar-refractivity contribution >= 4 is 16.0 Å². The molecule has 0 amide bonds. The summed E-state index contributed by atoms with van der Waals surface area (Å²) in [6.07, 6.45) is 2.06. The molecule has 2 rings (SSSR count). The van der Waals surface area contributed by atoms with Gasteiger partial charge in [0, 0.05) is 6.54 Å². The van der Waals surface area contributed by atoms with E-state index in [0.717, 1.165) is 12.8 Å². The SMILES string of the molecule is O=C(O)c1ccccc1S(=O)(=O)NCC1CC1. The Morgan fingerprint density at radius 2 is 2.00 bits per heavy atom. The van der Waals surface area contributed by atoms with E-state index in [0.29, 0.717) is 12.5 Å². The molecule has 1 saturated carbocycles. The third-order valence-corrected chi connectivity index (χ3v) is 4.15. The highest BCUT2D eigenvalue weighted by molar-refractivity contribution is 7.89. The third-order valence-electron chi connectivity index (χ3n) is 2.67. The Bertz CT molecular complexity index is 534. The Labute approximate surface area is 99.5 Å². The first-order valence-corrected chi connectivity index (χ1v) is 6.81. The molecule has 0 aliphatic heterocycles. The Kier molecular flexibility index (Phi) is 3.17. The van der Waals surface area contributed by atoms with Crippen molar-refractivity contribution in [1.29, 1.82) is 0 Å². The number of hydrogen-bond donors (Lipinski definition) is 2. The maximum absolute atomic E-state index is 11.9. The fraction of sp³-hybridized carbons (Fsp3) is 0.364. The molecule has 0 aromatic heterocycles. The summed E-state index contributed by atoms with van der Waals surface area (Å²) in [7, 11) is -3.72. The van der Waals surface area contributed by atoms with Crippen LogP contribution in [0.3, 0.4) is 0 Å². The van der Waals surface area contributed by atoms with Gasteiger partial charge in [0.05, 0.1) is 10.5 Å². The summed E-state index contributed by atoms with van der Waals surface area (Å²) >= 11 is 0.